The summed E-state index contributed by atoms with van der Waals surface area (Å²) in [5, 5.41) is 2.89. The normalized spacial score (nSPS) is 32.8. The van der Waals surface area contributed by atoms with E-state index in [0.29, 0.717) is 0 Å². The fraction of sp³-hybridized carbons (Fsp3) is 0.857. The molecule has 2 rings (SSSR count). The van der Waals surface area contributed by atoms with E-state index in [9.17, 15) is 9.59 Å². The SMILES string of the molecule is CCC(C)C1NC(=O)C(C)N(C2(C)CCC2)C1=O. The van der Waals surface area contributed by atoms with Crippen LogP contribution in [0.25, 0.3) is 0 Å². The van der Waals surface area contributed by atoms with E-state index in [1.165, 1.54) is 0 Å². The molecule has 1 saturated carbocycles. The third kappa shape index (κ3) is 1.91. The van der Waals surface area contributed by atoms with E-state index in [0.717, 1.165) is 25.7 Å². The largest absolute Gasteiger partial charge is 0.342 e. The third-order valence-corrected chi connectivity index (χ3v) is 4.79. The maximum absolute atomic E-state index is 12.6. The van der Waals surface area contributed by atoms with Crippen LogP contribution in [0.2, 0.25) is 0 Å². The van der Waals surface area contributed by atoms with E-state index in [4.69, 9.17) is 0 Å². The van der Waals surface area contributed by atoms with Gasteiger partial charge in [0.2, 0.25) is 11.8 Å². The Morgan fingerprint density at radius 2 is 2.06 bits per heavy atom. The maximum Gasteiger partial charge on any atom is 0.246 e. The minimum absolute atomic E-state index is 0.00646. The van der Waals surface area contributed by atoms with Crippen LogP contribution in [0, 0.1) is 5.92 Å². The molecule has 0 spiro atoms. The van der Waals surface area contributed by atoms with Crippen molar-refractivity contribution in [2.24, 2.45) is 5.92 Å². The topological polar surface area (TPSA) is 49.4 Å². The highest BCUT2D eigenvalue weighted by molar-refractivity contribution is 5.97. The number of hydrogen-bond acceptors (Lipinski definition) is 2. The number of amides is 2. The fourth-order valence-electron chi connectivity index (χ4n) is 3.08. The molecule has 3 unspecified atom stereocenters. The number of carbonyl (C=O) groups excluding carboxylic acids is 2. The van der Waals surface area contributed by atoms with Crippen LogP contribution in [0.5, 0.6) is 0 Å². The average molecular weight is 252 g/mol. The summed E-state index contributed by atoms with van der Waals surface area (Å²) in [5.74, 6) is 0.298. The number of carbonyl (C=O) groups is 2. The van der Waals surface area contributed by atoms with Crippen LogP contribution < -0.4 is 5.32 Å². The summed E-state index contributed by atoms with van der Waals surface area (Å²) in [6.07, 6.45) is 4.09. The summed E-state index contributed by atoms with van der Waals surface area (Å²) < 4.78 is 0. The van der Waals surface area contributed by atoms with E-state index in [1.54, 1.807) is 0 Å². The first-order valence-electron chi connectivity index (χ1n) is 7.04. The monoisotopic (exact) mass is 252 g/mol. The molecule has 3 atom stereocenters. The van der Waals surface area contributed by atoms with Crippen LogP contribution in [0.1, 0.15) is 53.4 Å². The lowest BCUT2D eigenvalue weighted by Crippen LogP contribution is -2.70. The van der Waals surface area contributed by atoms with Gasteiger partial charge in [0.1, 0.15) is 12.1 Å². The summed E-state index contributed by atoms with van der Waals surface area (Å²) >= 11 is 0. The first-order chi connectivity index (χ1) is 8.40. The van der Waals surface area contributed by atoms with Crippen LogP contribution in [0.3, 0.4) is 0 Å². The van der Waals surface area contributed by atoms with Crippen molar-refractivity contribution >= 4 is 11.8 Å². The highest BCUT2D eigenvalue weighted by atomic mass is 16.2. The van der Waals surface area contributed by atoms with Gasteiger partial charge in [-0.15, -0.1) is 0 Å². The van der Waals surface area contributed by atoms with Gasteiger partial charge in [-0.3, -0.25) is 9.59 Å². The van der Waals surface area contributed by atoms with Crippen LogP contribution in [-0.4, -0.2) is 34.3 Å². The van der Waals surface area contributed by atoms with Crippen molar-refractivity contribution in [2.75, 3.05) is 0 Å². The molecular formula is C14H24N2O2. The highest BCUT2D eigenvalue weighted by Crippen LogP contribution is 2.40. The number of piperazine rings is 1. The standard InChI is InChI=1S/C14H24N2O2/c1-5-9(2)11-13(18)16(10(3)12(17)15-11)14(4)7-6-8-14/h9-11H,5-8H2,1-4H3,(H,15,17). The van der Waals surface area contributed by atoms with E-state index in [-0.39, 0.29) is 35.4 Å². The van der Waals surface area contributed by atoms with Crippen molar-refractivity contribution in [1.29, 1.82) is 0 Å². The second-order valence-electron chi connectivity index (χ2n) is 6.11. The molecule has 0 aromatic rings. The highest BCUT2D eigenvalue weighted by Gasteiger charge is 2.50. The predicted molar refractivity (Wildman–Crippen MR) is 69.9 cm³/mol. The molecule has 1 aliphatic carbocycles. The van der Waals surface area contributed by atoms with E-state index in [1.807, 2.05) is 18.7 Å². The molecule has 0 aromatic carbocycles. The van der Waals surface area contributed by atoms with Crippen molar-refractivity contribution in [3.63, 3.8) is 0 Å². The Morgan fingerprint density at radius 3 is 2.50 bits per heavy atom. The van der Waals surface area contributed by atoms with Gasteiger partial charge in [-0.25, -0.2) is 0 Å². The average Bonchev–Trinajstić information content (AvgIpc) is 2.30. The van der Waals surface area contributed by atoms with Gasteiger partial charge < -0.3 is 10.2 Å². The van der Waals surface area contributed by atoms with Gasteiger partial charge in [-0.1, -0.05) is 20.3 Å². The molecule has 0 radical (unpaired) electrons. The maximum atomic E-state index is 12.6. The third-order valence-electron chi connectivity index (χ3n) is 4.79. The molecule has 0 bridgehead atoms. The zero-order valence-corrected chi connectivity index (χ0v) is 11.8. The summed E-state index contributed by atoms with van der Waals surface area (Å²) in [4.78, 5) is 26.5. The van der Waals surface area contributed by atoms with E-state index in [2.05, 4.69) is 19.2 Å². The first kappa shape index (κ1) is 13.4. The smallest absolute Gasteiger partial charge is 0.246 e. The molecule has 2 fully saturated rings. The first-order valence-corrected chi connectivity index (χ1v) is 7.04. The molecule has 0 aromatic heterocycles. The Balaban J connectivity index is 2.25. The number of nitrogens with zero attached hydrogens (tertiary/aromatic N) is 1. The molecule has 1 heterocycles. The summed E-state index contributed by atoms with van der Waals surface area (Å²) in [6.45, 7) is 8.03. The van der Waals surface area contributed by atoms with E-state index < -0.39 is 0 Å². The summed E-state index contributed by atoms with van der Waals surface area (Å²) in [6, 6.07) is -0.667. The lowest BCUT2D eigenvalue weighted by Gasteiger charge is -2.53. The van der Waals surface area contributed by atoms with Crippen molar-refractivity contribution in [2.45, 2.75) is 71.0 Å². The minimum Gasteiger partial charge on any atom is -0.342 e. The quantitative estimate of drug-likeness (QED) is 0.831. The minimum atomic E-state index is -0.337. The van der Waals surface area contributed by atoms with Crippen molar-refractivity contribution in [1.82, 2.24) is 10.2 Å². The molecule has 18 heavy (non-hydrogen) atoms. The van der Waals surface area contributed by atoms with Crippen molar-refractivity contribution in [3.8, 4) is 0 Å². The zero-order valence-electron chi connectivity index (χ0n) is 11.8. The van der Waals surface area contributed by atoms with Crippen LogP contribution >= 0.6 is 0 Å². The lowest BCUT2D eigenvalue weighted by molar-refractivity contribution is -0.161. The van der Waals surface area contributed by atoms with Gasteiger partial charge in [-0.05, 0) is 39.0 Å². The van der Waals surface area contributed by atoms with Crippen molar-refractivity contribution < 1.29 is 9.59 Å². The summed E-state index contributed by atoms with van der Waals surface area (Å²) in [5.41, 5.74) is -0.0973. The Bertz CT molecular complexity index is 363. The molecule has 4 nitrogen and oxygen atoms in total. The Labute approximate surface area is 109 Å². The Morgan fingerprint density at radius 1 is 1.44 bits per heavy atom. The van der Waals surface area contributed by atoms with Crippen molar-refractivity contribution in [3.05, 3.63) is 0 Å². The molecular weight excluding hydrogens is 228 g/mol. The predicted octanol–water partition coefficient (Wildman–Crippen LogP) is 1.69. The zero-order chi connectivity index (χ0) is 13.5. The molecule has 4 heteroatoms. The summed E-state index contributed by atoms with van der Waals surface area (Å²) in [7, 11) is 0. The van der Waals surface area contributed by atoms with Gasteiger partial charge in [-0.2, -0.15) is 0 Å². The van der Waals surface area contributed by atoms with Gasteiger partial charge >= 0.3 is 0 Å². The number of rotatable bonds is 3. The second-order valence-corrected chi connectivity index (χ2v) is 6.11. The number of hydrogen-bond donors (Lipinski definition) is 1. The van der Waals surface area contributed by atoms with Crippen LogP contribution in [-0.2, 0) is 9.59 Å². The van der Waals surface area contributed by atoms with Gasteiger partial charge in [0.05, 0.1) is 0 Å². The fourth-order valence-corrected chi connectivity index (χ4v) is 3.08. The molecule has 102 valence electrons. The Kier molecular flexibility index (Phi) is 3.39. The number of nitrogens with one attached hydrogen (secondary N) is 1. The van der Waals surface area contributed by atoms with E-state index >= 15 is 0 Å². The Hall–Kier alpha value is -1.06. The molecule has 1 aliphatic heterocycles. The van der Waals surface area contributed by atoms with Gasteiger partial charge in [0.15, 0.2) is 0 Å². The van der Waals surface area contributed by atoms with Crippen LogP contribution in [0.15, 0.2) is 0 Å². The lowest BCUT2D eigenvalue weighted by atomic mass is 9.75. The molecule has 2 aliphatic rings. The van der Waals surface area contributed by atoms with Gasteiger partial charge in [0, 0.05) is 5.54 Å². The van der Waals surface area contributed by atoms with Crippen LogP contribution in [0.4, 0.5) is 0 Å². The second kappa shape index (κ2) is 4.56. The molecule has 1 saturated heterocycles. The van der Waals surface area contributed by atoms with Gasteiger partial charge in [0.25, 0.3) is 0 Å². The molecule has 2 amide bonds. The molecule has 1 N–H and O–H groups in total.